The molecule has 1 atom stereocenters. The molecule has 1 aliphatic rings. The van der Waals surface area contributed by atoms with Crippen molar-refractivity contribution >= 4 is 29.3 Å². The monoisotopic (exact) mass is 500 g/mol. The summed E-state index contributed by atoms with van der Waals surface area (Å²) in [5, 5.41) is 10.0. The van der Waals surface area contributed by atoms with Gasteiger partial charge in [-0.05, 0) is 81.6 Å². The molecule has 0 spiro atoms. The summed E-state index contributed by atoms with van der Waals surface area (Å²) in [5.74, 6) is 2.59. The number of carbonyl (C=O) groups is 1. The first-order chi connectivity index (χ1) is 16.5. The number of nitrogens with zero attached hydrogens (tertiary/aromatic N) is 4. The SMILES string of the molecule is CCOc1ccc(OCc2nnc(SCC(=O)N3CCCC[C@@H]3C)n2-c2ccc(Cl)cc2)cc1. The number of rotatable bonds is 9. The number of ether oxygens (including phenoxy) is 2. The van der Waals surface area contributed by atoms with E-state index in [-0.39, 0.29) is 18.6 Å². The summed E-state index contributed by atoms with van der Waals surface area (Å²) in [7, 11) is 0. The Morgan fingerprint density at radius 3 is 2.44 bits per heavy atom. The normalized spacial score (nSPS) is 15.9. The first-order valence-corrected chi connectivity index (χ1v) is 12.9. The van der Waals surface area contributed by atoms with Crippen LogP contribution in [0.2, 0.25) is 5.02 Å². The second-order valence-corrected chi connectivity index (χ2v) is 9.50. The number of carbonyl (C=O) groups excluding carboxylic acids is 1. The Labute approximate surface area is 209 Å². The van der Waals surface area contributed by atoms with Gasteiger partial charge in [-0.25, -0.2) is 0 Å². The van der Waals surface area contributed by atoms with E-state index in [0.717, 1.165) is 30.8 Å². The lowest BCUT2D eigenvalue weighted by molar-refractivity contribution is -0.131. The molecule has 1 aromatic heterocycles. The minimum Gasteiger partial charge on any atom is -0.494 e. The highest BCUT2D eigenvalue weighted by molar-refractivity contribution is 7.99. The number of piperidine rings is 1. The molecule has 0 saturated carbocycles. The second-order valence-electron chi connectivity index (χ2n) is 8.12. The minimum absolute atomic E-state index is 0.134. The molecule has 9 heteroatoms. The van der Waals surface area contributed by atoms with E-state index < -0.39 is 0 Å². The fourth-order valence-corrected chi connectivity index (χ4v) is 4.94. The summed E-state index contributed by atoms with van der Waals surface area (Å²) in [4.78, 5) is 14.8. The quantitative estimate of drug-likeness (QED) is 0.367. The van der Waals surface area contributed by atoms with Gasteiger partial charge >= 0.3 is 0 Å². The lowest BCUT2D eigenvalue weighted by Crippen LogP contribution is -2.42. The number of hydrogen-bond acceptors (Lipinski definition) is 6. The van der Waals surface area contributed by atoms with E-state index in [9.17, 15) is 4.79 Å². The summed E-state index contributed by atoms with van der Waals surface area (Å²) in [5.41, 5.74) is 0.862. The molecule has 1 aliphatic heterocycles. The van der Waals surface area contributed by atoms with Crippen LogP contribution in [0.5, 0.6) is 11.5 Å². The molecule has 0 N–H and O–H groups in total. The highest BCUT2D eigenvalue weighted by Crippen LogP contribution is 2.26. The zero-order valence-electron chi connectivity index (χ0n) is 19.4. The summed E-state index contributed by atoms with van der Waals surface area (Å²) in [6.07, 6.45) is 3.31. The molecule has 180 valence electrons. The van der Waals surface area contributed by atoms with E-state index in [1.54, 1.807) is 0 Å². The van der Waals surface area contributed by atoms with Gasteiger partial charge in [0.2, 0.25) is 5.91 Å². The maximum absolute atomic E-state index is 12.9. The molecule has 2 aromatic carbocycles. The third-order valence-corrected chi connectivity index (χ3v) is 6.90. The molecule has 0 unspecified atom stereocenters. The van der Waals surface area contributed by atoms with E-state index in [0.29, 0.717) is 34.1 Å². The highest BCUT2D eigenvalue weighted by atomic mass is 35.5. The van der Waals surface area contributed by atoms with Crippen LogP contribution in [0.3, 0.4) is 0 Å². The number of aromatic nitrogens is 3. The first kappa shape index (κ1) is 24.4. The average molecular weight is 501 g/mol. The Kier molecular flexibility index (Phi) is 8.34. The lowest BCUT2D eigenvalue weighted by Gasteiger charge is -2.33. The van der Waals surface area contributed by atoms with Gasteiger partial charge in [0.05, 0.1) is 12.4 Å². The van der Waals surface area contributed by atoms with Crippen LogP contribution in [0, 0.1) is 0 Å². The highest BCUT2D eigenvalue weighted by Gasteiger charge is 2.24. The molecule has 1 amide bonds. The van der Waals surface area contributed by atoms with Gasteiger partial charge < -0.3 is 14.4 Å². The van der Waals surface area contributed by atoms with Gasteiger partial charge in [0.1, 0.15) is 18.1 Å². The van der Waals surface area contributed by atoms with Crippen molar-refractivity contribution in [2.45, 2.75) is 50.9 Å². The van der Waals surface area contributed by atoms with Crippen molar-refractivity contribution < 1.29 is 14.3 Å². The van der Waals surface area contributed by atoms with E-state index in [1.807, 2.05) is 64.9 Å². The summed E-state index contributed by atoms with van der Waals surface area (Å²) < 4.78 is 13.4. The zero-order chi connectivity index (χ0) is 23.9. The maximum Gasteiger partial charge on any atom is 0.233 e. The molecule has 0 bridgehead atoms. The molecular formula is C25H29ClN4O3S. The smallest absolute Gasteiger partial charge is 0.233 e. The molecule has 2 heterocycles. The summed E-state index contributed by atoms with van der Waals surface area (Å²) >= 11 is 7.49. The van der Waals surface area contributed by atoms with Gasteiger partial charge in [0, 0.05) is 23.3 Å². The number of likely N-dealkylation sites (tertiary alicyclic amines) is 1. The van der Waals surface area contributed by atoms with Crippen LogP contribution < -0.4 is 9.47 Å². The van der Waals surface area contributed by atoms with E-state index in [4.69, 9.17) is 21.1 Å². The van der Waals surface area contributed by atoms with Crippen molar-refractivity contribution in [1.82, 2.24) is 19.7 Å². The fraction of sp³-hybridized carbons (Fsp3) is 0.400. The Morgan fingerprint density at radius 1 is 1.06 bits per heavy atom. The largest absolute Gasteiger partial charge is 0.494 e. The molecule has 1 fully saturated rings. The van der Waals surface area contributed by atoms with Gasteiger partial charge in [0.25, 0.3) is 0 Å². The molecule has 3 aromatic rings. The number of benzene rings is 2. The van der Waals surface area contributed by atoms with Crippen LogP contribution in [0.4, 0.5) is 0 Å². The standard InChI is InChI=1S/C25H29ClN4O3S/c1-3-32-21-11-13-22(14-12-21)33-16-23-27-28-25(30(23)20-9-7-19(26)8-10-20)34-17-24(31)29-15-5-4-6-18(29)2/h7-14,18H,3-6,15-17H2,1-2H3/t18-/m0/s1. The predicted molar refractivity (Wildman–Crippen MR) is 134 cm³/mol. The Bertz CT molecular complexity index is 1090. The number of thioether (sulfide) groups is 1. The van der Waals surface area contributed by atoms with E-state index in [2.05, 4.69) is 17.1 Å². The van der Waals surface area contributed by atoms with E-state index >= 15 is 0 Å². The summed E-state index contributed by atoms with van der Waals surface area (Å²) in [6, 6.07) is 15.2. The molecule has 0 radical (unpaired) electrons. The van der Waals surface area contributed by atoms with E-state index in [1.165, 1.54) is 18.2 Å². The second kappa shape index (κ2) is 11.6. The zero-order valence-corrected chi connectivity index (χ0v) is 21.0. The third kappa shape index (κ3) is 6.04. The van der Waals surface area contributed by atoms with Crippen molar-refractivity contribution in [2.75, 3.05) is 18.9 Å². The molecule has 1 saturated heterocycles. The van der Waals surface area contributed by atoms with Gasteiger partial charge in [-0.2, -0.15) is 0 Å². The van der Waals surface area contributed by atoms with Crippen LogP contribution in [0.1, 0.15) is 38.9 Å². The van der Waals surface area contributed by atoms with Crippen LogP contribution in [0.25, 0.3) is 5.69 Å². The molecular weight excluding hydrogens is 472 g/mol. The van der Waals surface area contributed by atoms with Gasteiger partial charge in [-0.1, -0.05) is 23.4 Å². The summed E-state index contributed by atoms with van der Waals surface area (Å²) in [6.45, 7) is 5.73. The van der Waals surface area contributed by atoms with Crippen LogP contribution in [0.15, 0.2) is 53.7 Å². The van der Waals surface area contributed by atoms with Crippen molar-refractivity contribution in [3.8, 4) is 17.2 Å². The van der Waals surface area contributed by atoms with Crippen LogP contribution >= 0.6 is 23.4 Å². The Morgan fingerprint density at radius 2 is 1.76 bits per heavy atom. The predicted octanol–water partition coefficient (Wildman–Crippen LogP) is 5.39. The molecule has 4 rings (SSSR count). The number of hydrogen-bond donors (Lipinski definition) is 0. The fourth-order valence-electron chi connectivity index (χ4n) is 3.96. The van der Waals surface area contributed by atoms with Crippen molar-refractivity contribution in [1.29, 1.82) is 0 Å². The Hall–Kier alpha value is -2.71. The molecule has 34 heavy (non-hydrogen) atoms. The van der Waals surface area contributed by atoms with Gasteiger partial charge in [0.15, 0.2) is 11.0 Å². The van der Waals surface area contributed by atoms with Crippen molar-refractivity contribution in [3.05, 3.63) is 59.4 Å². The maximum atomic E-state index is 12.9. The Balaban J connectivity index is 1.50. The van der Waals surface area contributed by atoms with Crippen molar-refractivity contribution in [2.24, 2.45) is 0 Å². The number of halogens is 1. The average Bonchev–Trinajstić information content (AvgIpc) is 3.26. The molecule has 7 nitrogen and oxygen atoms in total. The number of amides is 1. The van der Waals surface area contributed by atoms with Crippen LogP contribution in [-0.2, 0) is 11.4 Å². The van der Waals surface area contributed by atoms with Gasteiger partial charge in [-0.3, -0.25) is 9.36 Å². The molecule has 0 aliphatic carbocycles. The third-order valence-electron chi connectivity index (χ3n) is 5.74. The van der Waals surface area contributed by atoms with Crippen molar-refractivity contribution in [3.63, 3.8) is 0 Å². The lowest BCUT2D eigenvalue weighted by atomic mass is 10.0. The topological polar surface area (TPSA) is 69.5 Å². The first-order valence-electron chi connectivity index (χ1n) is 11.5. The van der Waals surface area contributed by atoms with Gasteiger partial charge in [-0.15, -0.1) is 10.2 Å². The van der Waals surface area contributed by atoms with Crippen LogP contribution in [-0.4, -0.2) is 50.5 Å². The minimum atomic E-state index is 0.134.